The van der Waals surface area contributed by atoms with Crippen LogP contribution in [0.4, 0.5) is 0 Å². The van der Waals surface area contributed by atoms with E-state index >= 15 is 0 Å². The van der Waals surface area contributed by atoms with Crippen LogP contribution in [0.25, 0.3) is 6.08 Å². The van der Waals surface area contributed by atoms with Gasteiger partial charge in [-0.05, 0) is 18.2 Å². The molecule has 23 heavy (non-hydrogen) atoms. The van der Waals surface area contributed by atoms with Crippen LogP contribution in [0.5, 0.6) is 11.5 Å². The van der Waals surface area contributed by atoms with Crippen LogP contribution >= 0.6 is 0 Å². The summed E-state index contributed by atoms with van der Waals surface area (Å²) in [4.78, 5) is 12.2. The second kappa shape index (κ2) is 7.01. The van der Waals surface area contributed by atoms with Gasteiger partial charge in [-0.15, -0.1) is 0 Å². The van der Waals surface area contributed by atoms with Crippen molar-refractivity contribution in [1.29, 1.82) is 0 Å². The highest BCUT2D eigenvalue weighted by atomic mass is 16.5. The van der Waals surface area contributed by atoms with Crippen molar-refractivity contribution < 1.29 is 14.3 Å². The molecule has 0 aromatic heterocycles. The minimum atomic E-state index is -0.127. The van der Waals surface area contributed by atoms with Gasteiger partial charge in [0.05, 0.1) is 19.8 Å². The average Bonchev–Trinajstić information content (AvgIpc) is 2.60. The first-order valence-corrected chi connectivity index (χ1v) is 7.61. The summed E-state index contributed by atoms with van der Waals surface area (Å²) < 4.78 is 10.9. The molecular formula is C19H19NO3. The van der Waals surface area contributed by atoms with Gasteiger partial charge >= 0.3 is 0 Å². The van der Waals surface area contributed by atoms with Crippen LogP contribution in [0.2, 0.25) is 0 Å². The number of carbonyl (C=O) groups excluding carboxylic acids is 1. The summed E-state index contributed by atoms with van der Waals surface area (Å²) in [5.74, 6) is 1.46. The van der Waals surface area contributed by atoms with Gasteiger partial charge < -0.3 is 14.8 Å². The van der Waals surface area contributed by atoms with Crippen LogP contribution in [-0.2, 0) is 4.79 Å². The van der Waals surface area contributed by atoms with Gasteiger partial charge in [-0.25, -0.2) is 0 Å². The van der Waals surface area contributed by atoms with Crippen LogP contribution in [0.3, 0.4) is 0 Å². The Bertz CT molecular complexity index is 724. The van der Waals surface area contributed by atoms with E-state index in [-0.39, 0.29) is 11.9 Å². The fourth-order valence-corrected chi connectivity index (χ4v) is 2.68. The summed E-state index contributed by atoms with van der Waals surface area (Å²) in [6, 6.07) is 15.4. The molecule has 0 saturated carbocycles. The second-order valence-corrected chi connectivity index (χ2v) is 5.31. The molecule has 4 nitrogen and oxygen atoms in total. The summed E-state index contributed by atoms with van der Waals surface area (Å²) in [5.41, 5.74) is 1.90. The summed E-state index contributed by atoms with van der Waals surface area (Å²) >= 11 is 0. The van der Waals surface area contributed by atoms with Crippen molar-refractivity contribution in [2.24, 2.45) is 0 Å². The lowest BCUT2D eigenvalue weighted by atomic mass is 10.0. The molecule has 1 amide bonds. The molecule has 1 aliphatic rings. The Balaban J connectivity index is 1.70. The fraction of sp³-hybridized carbons (Fsp3) is 0.211. The topological polar surface area (TPSA) is 47.6 Å². The summed E-state index contributed by atoms with van der Waals surface area (Å²) in [6.45, 7) is 0.609. The van der Waals surface area contributed by atoms with Gasteiger partial charge in [-0.1, -0.05) is 36.4 Å². The Morgan fingerprint density at radius 1 is 1.22 bits per heavy atom. The number of rotatable bonds is 4. The molecule has 2 aromatic carbocycles. The molecule has 0 aliphatic carbocycles. The maximum atomic E-state index is 12.2. The Labute approximate surface area is 135 Å². The molecule has 0 fully saturated rings. The number of hydrogen-bond donors (Lipinski definition) is 1. The van der Waals surface area contributed by atoms with E-state index in [0.29, 0.717) is 6.61 Å². The van der Waals surface area contributed by atoms with Crippen LogP contribution in [0.1, 0.15) is 23.6 Å². The van der Waals surface area contributed by atoms with Crippen LogP contribution < -0.4 is 14.8 Å². The van der Waals surface area contributed by atoms with Gasteiger partial charge in [-0.3, -0.25) is 4.79 Å². The molecule has 0 saturated heterocycles. The van der Waals surface area contributed by atoms with Crippen LogP contribution in [0.15, 0.2) is 54.6 Å². The van der Waals surface area contributed by atoms with Gasteiger partial charge in [0.2, 0.25) is 5.91 Å². The zero-order valence-corrected chi connectivity index (χ0v) is 13.0. The zero-order valence-electron chi connectivity index (χ0n) is 13.0. The highest BCUT2D eigenvalue weighted by molar-refractivity contribution is 5.92. The highest BCUT2D eigenvalue weighted by Gasteiger charge is 2.21. The van der Waals surface area contributed by atoms with Crippen molar-refractivity contribution in [2.45, 2.75) is 12.5 Å². The van der Waals surface area contributed by atoms with E-state index in [4.69, 9.17) is 9.47 Å². The SMILES string of the molecule is COc1ccccc1/C=C/C(=O)N[C@@H]1CCOc2ccccc21. The molecule has 0 radical (unpaired) electrons. The fourth-order valence-electron chi connectivity index (χ4n) is 2.68. The first kappa shape index (κ1) is 15.2. The number of hydrogen-bond acceptors (Lipinski definition) is 3. The molecule has 1 atom stereocenters. The molecule has 1 aliphatic heterocycles. The minimum Gasteiger partial charge on any atom is -0.496 e. The van der Waals surface area contributed by atoms with E-state index in [1.165, 1.54) is 6.08 Å². The van der Waals surface area contributed by atoms with Crippen molar-refractivity contribution in [2.75, 3.05) is 13.7 Å². The molecular weight excluding hydrogens is 290 g/mol. The van der Waals surface area contributed by atoms with Gasteiger partial charge in [0, 0.05) is 23.6 Å². The normalized spacial score (nSPS) is 16.5. The summed E-state index contributed by atoms with van der Waals surface area (Å²) in [6.07, 6.45) is 4.07. The number of ether oxygens (including phenoxy) is 2. The van der Waals surface area contributed by atoms with Crippen molar-refractivity contribution >= 4 is 12.0 Å². The number of amides is 1. The number of benzene rings is 2. The average molecular weight is 309 g/mol. The molecule has 0 spiro atoms. The van der Waals surface area contributed by atoms with Crippen LogP contribution in [-0.4, -0.2) is 19.6 Å². The van der Waals surface area contributed by atoms with Crippen LogP contribution in [0, 0.1) is 0 Å². The zero-order chi connectivity index (χ0) is 16.1. The quantitative estimate of drug-likeness (QED) is 0.881. The van der Waals surface area contributed by atoms with E-state index in [1.54, 1.807) is 13.2 Å². The predicted octanol–water partition coefficient (Wildman–Crippen LogP) is 3.35. The summed E-state index contributed by atoms with van der Waals surface area (Å²) in [7, 11) is 1.62. The Kier molecular flexibility index (Phi) is 4.62. The Morgan fingerprint density at radius 2 is 2.00 bits per heavy atom. The first-order chi connectivity index (χ1) is 11.3. The second-order valence-electron chi connectivity index (χ2n) is 5.31. The molecule has 3 rings (SSSR count). The number of nitrogens with one attached hydrogen (secondary N) is 1. The third-order valence-electron chi connectivity index (χ3n) is 3.83. The molecule has 118 valence electrons. The van der Waals surface area contributed by atoms with E-state index in [0.717, 1.165) is 29.0 Å². The lowest BCUT2D eigenvalue weighted by Crippen LogP contribution is -2.30. The maximum absolute atomic E-state index is 12.2. The van der Waals surface area contributed by atoms with E-state index < -0.39 is 0 Å². The lowest BCUT2D eigenvalue weighted by molar-refractivity contribution is -0.117. The first-order valence-electron chi connectivity index (χ1n) is 7.61. The summed E-state index contributed by atoms with van der Waals surface area (Å²) in [5, 5.41) is 3.04. The van der Waals surface area contributed by atoms with Crippen molar-refractivity contribution in [3.05, 3.63) is 65.7 Å². The number of carbonyl (C=O) groups is 1. The van der Waals surface area contributed by atoms with Gasteiger partial charge in [0.15, 0.2) is 0 Å². The standard InChI is InChI=1S/C19H19NO3/c1-22-17-8-4-2-6-14(17)10-11-19(21)20-16-12-13-23-18-9-5-3-7-15(16)18/h2-11,16H,12-13H2,1H3,(H,20,21)/b11-10+/t16-/m1/s1. The largest absolute Gasteiger partial charge is 0.496 e. The molecule has 0 unspecified atom stereocenters. The Hall–Kier alpha value is -2.75. The van der Waals surface area contributed by atoms with Crippen molar-refractivity contribution in [3.8, 4) is 11.5 Å². The molecule has 4 heteroatoms. The van der Waals surface area contributed by atoms with E-state index in [2.05, 4.69) is 5.32 Å². The van der Waals surface area contributed by atoms with Gasteiger partial charge in [0.25, 0.3) is 0 Å². The number of methoxy groups -OCH3 is 1. The molecule has 1 N–H and O–H groups in total. The smallest absolute Gasteiger partial charge is 0.244 e. The molecule has 2 aromatic rings. The van der Waals surface area contributed by atoms with E-state index in [9.17, 15) is 4.79 Å². The highest BCUT2D eigenvalue weighted by Crippen LogP contribution is 2.31. The van der Waals surface area contributed by atoms with Crippen molar-refractivity contribution in [3.63, 3.8) is 0 Å². The molecule has 1 heterocycles. The van der Waals surface area contributed by atoms with Gasteiger partial charge in [-0.2, -0.15) is 0 Å². The van der Waals surface area contributed by atoms with E-state index in [1.807, 2.05) is 48.5 Å². The Morgan fingerprint density at radius 3 is 2.87 bits per heavy atom. The predicted molar refractivity (Wildman–Crippen MR) is 89.5 cm³/mol. The third kappa shape index (κ3) is 3.54. The third-order valence-corrected chi connectivity index (χ3v) is 3.83. The number of fused-ring (bicyclic) bond motifs is 1. The van der Waals surface area contributed by atoms with Crippen molar-refractivity contribution in [1.82, 2.24) is 5.32 Å². The monoisotopic (exact) mass is 309 g/mol. The maximum Gasteiger partial charge on any atom is 0.244 e. The van der Waals surface area contributed by atoms with Gasteiger partial charge in [0.1, 0.15) is 11.5 Å². The molecule has 0 bridgehead atoms. The number of para-hydroxylation sites is 2. The minimum absolute atomic E-state index is 0.0187. The lowest BCUT2D eigenvalue weighted by Gasteiger charge is -2.26.